The van der Waals surface area contributed by atoms with E-state index in [1.165, 1.54) is 44.6 Å². The van der Waals surface area contributed by atoms with Gasteiger partial charge in [-0.25, -0.2) is 14.4 Å². The van der Waals surface area contributed by atoms with Crippen LogP contribution in [0.2, 0.25) is 0 Å². The molecule has 2 aromatic rings. The predicted octanol–water partition coefficient (Wildman–Crippen LogP) is 5.21. The summed E-state index contributed by atoms with van der Waals surface area (Å²) >= 11 is 0. The molecule has 0 saturated carbocycles. The Morgan fingerprint density at radius 2 is 1.70 bits per heavy atom. The van der Waals surface area contributed by atoms with Crippen molar-refractivity contribution in [2.75, 3.05) is 6.61 Å². The van der Waals surface area contributed by atoms with Gasteiger partial charge in [0.15, 0.2) is 0 Å². The summed E-state index contributed by atoms with van der Waals surface area (Å²) < 4.78 is 18.7. The largest absolute Gasteiger partial charge is 0.463 e. The van der Waals surface area contributed by atoms with E-state index in [0.29, 0.717) is 12.6 Å². The average Bonchev–Trinajstić information content (AvgIpc) is 2.58. The molecule has 0 amide bonds. The topological polar surface area (TPSA) is 35.0 Å². The Morgan fingerprint density at radius 1 is 1.00 bits per heavy atom. The molecular formula is C19H24FN2O. The zero-order chi connectivity index (χ0) is 16.3. The molecule has 0 spiro atoms. The van der Waals surface area contributed by atoms with E-state index >= 15 is 0 Å². The molecule has 0 unspecified atom stereocenters. The van der Waals surface area contributed by atoms with E-state index in [1.807, 2.05) is 0 Å². The molecule has 3 nitrogen and oxygen atoms in total. The first-order valence-electron chi connectivity index (χ1n) is 8.42. The number of benzene rings is 1. The maximum absolute atomic E-state index is 13.1. The molecule has 1 radical (unpaired) electrons. The second-order valence-corrected chi connectivity index (χ2v) is 5.65. The van der Waals surface area contributed by atoms with Crippen molar-refractivity contribution in [3.8, 4) is 17.1 Å². The van der Waals surface area contributed by atoms with E-state index in [9.17, 15) is 4.39 Å². The molecule has 23 heavy (non-hydrogen) atoms. The van der Waals surface area contributed by atoms with Crippen LogP contribution in [0.5, 0.6) is 6.01 Å². The third-order valence-electron chi connectivity index (χ3n) is 3.71. The number of hydrogen-bond acceptors (Lipinski definition) is 3. The zero-order valence-corrected chi connectivity index (χ0v) is 13.7. The summed E-state index contributed by atoms with van der Waals surface area (Å²) in [6, 6.07) is 7.60. The van der Waals surface area contributed by atoms with Crippen LogP contribution in [-0.4, -0.2) is 16.6 Å². The highest BCUT2D eigenvalue weighted by atomic mass is 19.1. The fraction of sp³-hybridized carbons (Fsp3) is 0.474. The molecule has 0 atom stereocenters. The zero-order valence-electron chi connectivity index (χ0n) is 13.7. The van der Waals surface area contributed by atoms with E-state index in [-0.39, 0.29) is 5.82 Å². The standard InChI is InChI=1S/C19H24FN2O/c1-2-3-4-5-6-7-8-12-23-19-21-14-17(15-22-19)16-10-9-11-18(20)13-16/h9-10,13-15H,2-8,12H2,1H3. The Morgan fingerprint density at radius 3 is 2.39 bits per heavy atom. The van der Waals surface area contributed by atoms with E-state index in [2.05, 4.69) is 23.0 Å². The molecule has 4 heteroatoms. The Labute approximate surface area is 137 Å². The van der Waals surface area contributed by atoms with Crippen LogP contribution in [0.15, 0.2) is 30.6 Å². The third-order valence-corrected chi connectivity index (χ3v) is 3.71. The molecule has 1 aromatic heterocycles. The molecule has 2 rings (SSSR count). The van der Waals surface area contributed by atoms with Crippen molar-refractivity contribution < 1.29 is 9.13 Å². The number of ether oxygens (including phenoxy) is 1. The van der Waals surface area contributed by atoms with Crippen LogP contribution in [0.4, 0.5) is 4.39 Å². The smallest absolute Gasteiger partial charge is 0.316 e. The van der Waals surface area contributed by atoms with E-state index in [1.54, 1.807) is 24.5 Å². The van der Waals surface area contributed by atoms with Gasteiger partial charge in [-0.1, -0.05) is 57.6 Å². The van der Waals surface area contributed by atoms with Gasteiger partial charge >= 0.3 is 6.01 Å². The fourth-order valence-electron chi connectivity index (χ4n) is 2.38. The van der Waals surface area contributed by atoms with E-state index in [4.69, 9.17) is 4.74 Å². The second-order valence-electron chi connectivity index (χ2n) is 5.65. The number of hydrogen-bond donors (Lipinski definition) is 0. The molecular weight excluding hydrogens is 291 g/mol. The normalized spacial score (nSPS) is 10.7. The summed E-state index contributed by atoms with van der Waals surface area (Å²) in [6.07, 6.45) is 12.0. The van der Waals surface area contributed by atoms with Gasteiger partial charge < -0.3 is 4.74 Å². The van der Waals surface area contributed by atoms with Gasteiger partial charge in [-0.15, -0.1) is 0 Å². The molecule has 0 bridgehead atoms. The lowest BCUT2D eigenvalue weighted by atomic mass is 10.1. The summed E-state index contributed by atoms with van der Waals surface area (Å²) in [5.74, 6) is -0.387. The summed E-state index contributed by atoms with van der Waals surface area (Å²) in [6.45, 7) is 2.87. The number of rotatable bonds is 10. The maximum atomic E-state index is 13.1. The quantitative estimate of drug-likeness (QED) is 0.564. The van der Waals surface area contributed by atoms with Crippen molar-refractivity contribution in [2.24, 2.45) is 0 Å². The molecule has 123 valence electrons. The lowest BCUT2D eigenvalue weighted by molar-refractivity contribution is 0.281. The Bertz CT molecular complexity index is 572. The first-order valence-corrected chi connectivity index (χ1v) is 8.42. The summed E-state index contributed by atoms with van der Waals surface area (Å²) in [4.78, 5) is 8.35. The van der Waals surface area contributed by atoms with Gasteiger partial charge in [0.1, 0.15) is 5.82 Å². The highest BCUT2D eigenvalue weighted by molar-refractivity contribution is 5.61. The highest BCUT2D eigenvalue weighted by Gasteiger charge is 2.02. The van der Waals surface area contributed by atoms with Crippen LogP contribution in [0.3, 0.4) is 0 Å². The monoisotopic (exact) mass is 315 g/mol. The molecule has 1 heterocycles. The van der Waals surface area contributed by atoms with Crippen molar-refractivity contribution in [3.05, 3.63) is 42.5 Å². The number of halogens is 1. The Kier molecular flexibility index (Phi) is 7.50. The predicted molar refractivity (Wildman–Crippen MR) is 89.8 cm³/mol. The van der Waals surface area contributed by atoms with Gasteiger partial charge in [0, 0.05) is 24.0 Å². The van der Waals surface area contributed by atoms with E-state index in [0.717, 1.165) is 17.5 Å². The van der Waals surface area contributed by atoms with Crippen molar-refractivity contribution in [1.29, 1.82) is 0 Å². The first-order chi connectivity index (χ1) is 11.3. The minimum absolute atomic E-state index is 0.377. The van der Waals surface area contributed by atoms with E-state index < -0.39 is 0 Å². The molecule has 1 aromatic carbocycles. The Hall–Kier alpha value is -1.97. The Balaban J connectivity index is 1.69. The molecule has 0 N–H and O–H groups in total. The van der Waals surface area contributed by atoms with Gasteiger partial charge in [-0.2, -0.15) is 0 Å². The van der Waals surface area contributed by atoms with Crippen LogP contribution < -0.4 is 4.74 Å². The summed E-state index contributed by atoms with van der Waals surface area (Å²) in [5, 5.41) is 0. The summed E-state index contributed by atoms with van der Waals surface area (Å²) in [5.41, 5.74) is 1.50. The molecule has 0 aliphatic rings. The maximum Gasteiger partial charge on any atom is 0.316 e. The molecule has 0 fully saturated rings. The molecule has 0 aliphatic heterocycles. The van der Waals surface area contributed by atoms with Crippen LogP contribution in [-0.2, 0) is 0 Å². The second kappa shape index (κ2) is 9.93. The molecule has 0 saturated heterocycles. The average molecular weight is 315 g/mol. The van der Waals surface area contributed by atoms with Crippen LogP contribution in [0, 0.1) is 11.9 Å². The van der Waals surface area contributed by atoms with Gasteiger partial charge in [0.25, 0.3) is 0 Å². The summed E-state index contributed by atoms with van der Waals surface area (Å²) in [7, 11) is 0. The number of aromatic nitrogens is 2. The van der Waals surface area contributed by atoms with Crippen LogP contribution in [0.1, 0.15) is 51.9 Å². The first kappa shape index (κ1) is 17.4. The van der Waals surface area contributed by atoms with Gasteiger partial charge in [-0.05, 0) is 18.1 Å². The van der Waals surface area contributed by atoms with Crippen LogP contribution >= 0.6 is 0 Å². The third kappa shape index (κ3) is 6.35. The van der Waals surface area contributed by atoms with Crippen molar-refractivity contribution in [1.82, 2.24) is 9.97 Å². The SMILES string of the molecule is CCCCCCCCCOc1ncc(-c2cc[c]c(F)c2)cn1. The van der Waals surface area contributed by atoms with Gasteiger partial charge in [0.2, 0.25) is 0 Å². The van der Waals surface area contributed by atoms with Crippen molar-refractivity contribution in [2.45, 2.75) is 51.9 Å². The minimum Gasteiger partial charge on any atom is -0.463 e. The van der Waals surface area contributed by atoms with Crippen molar-refractivity contribution in [3.63, 3.8) is 0 Å². The minimum atomic E-state index is -0.387. The van der Waals surface area contributed by atoms with Crippen LogP contribution in [0.25, 0.3) is 11.1 Å². The lowest BCUT2D eigenvalue weighted by Crippen LogP contribution is -2.01. The fourth-order valence-corrected chi connectivity index (χ4v) is 2.38. The van der Waals surface area contributed by atoms with Gasteiger partial charge in [-0.3, -0.25) is 0 Å². The lowest BCUT2D eigenvalue weighted by Gasteiger charge is -2.05. The number of nitrogens with zero attached hydrogens (tertiary/aromatic N) is 2. The van der Waals surface area contributed by atoms with Gasteiger partial charge in [0.05, 0.1) is 6.61 Å². The van der Waals surface area contributed by atoms with Crippen molar-refractivity contribution >= 4 is 0 Å². The number of unbranched alkanes of at least 4 members (excludes halogenated alkanes) is 6. The molecule has 0 aliphatic carbocycles. The highest BCUT2D eigenvalue weighted by Crippen LogP contribution is 2.19.